The maximum Gasteiger partial charge on any atom is 0.140 e. The van der Waals surface area contributed by atoms with Gasteiger partial charge in [-0.2, -0.15) is 0 Å². The van der Waals surface area contributed by atoms with Crippen molar-refractivity contribution >= 4 is 5.82 Å². The highest BCUT2D eigenvalue weighted by Gasteiger charge is 2.11. The number of anilines is 1. The predicted octanol–water partition coefficient (Wildman–Crippen LogP) is 2.23. The van der Waals surface area contributed by atoms with E-state index >= 15 is 0 Å². The Morgan fingerprint density at radius 3 is 2.65 bits per heavy atom. The fraction of sp³-hybridized carbons (Fsp3) is 0.615. The molecule has 1 atom stereocenters. The minimum atomic E-state index is 0.561. The molecule has 1 heterocycles. The van der Waals surface area contributed by atoms with Crippen LogP contribution in [0.25, 0.3) is 0 Å². The second kappa shape index (κ2) is 6.57. The maximum absolute atomic E-state index is 5.35. The van der Waals surface area contributed by atoms with Crippen molar-refractivity contribution in [3.05, 3.63) is 23.9 Å². The normalized spacial score (nSPS) is 13.1. The van der Waals surface area contributed by atoms with E-state index in [9.17, 15) is 0 Å². The van der Waals surface area contributed by atoms with Gasteiger partial charge in [0.25, 0.3) is 0 Å². The van der Waals surface area contributed by atoms with E-state index in [0.29, 0.717) is 11.9 Å². The third-order valence-electron chi connectivity index (χ3n) is 2.93. The van der Waals surface area contributed by atoms with Gasteiger partial charge < -0.3 is 5.43 Å². The minimum Gasteiger partial charge on any atom is -0.308 e. The molecule has 0 bridgehead atoms. The lowest BCUT2D eigenvalue weighted by Crippen LogP contribution is -2.30. The van der Waals surface area contributed by atoms with Gasteiger partial charge in [-0.3, -0.25) is 4.90 Å². The molecule has 0 fully saturated rings. The van der Waals surface area contributed by atoms with Gasteiger partial charge in [0.15, 0.2) is 0 Å². The standard InChI is InChI=1S/C13H24N4/c1-10(2)8-11(3)17(4)9-12-6-5-7-13(15-12)16-14/h5-7,10-11H,8-9,14H2,1-4H3,(H,15,16). The zero-order valence-electron chi connectivity index (χ0n) is 11.3. The first-order valence-corrected chi connectivity index (χ1v) is 6.15. The van der Waals surface area contributed by atoms with Gasteiger partial charge in [-0.1, -0.05) is 19.9 Å². The van der Waals surface area contributed by atoms with Crippen molar-refractivity contribution in [3.63, 3.8) is 0 Å². The highest BCUT2D eigenvalue weighted by Crippen LogP contribution is 2.12. The molecule has 1 unspecified atom stereocenters. The average Bonchev–Trinajstić information content (AvgIpc) is 2.28. The summed E-state index contributed by atoms with van der Waals surface area (Å²) in [6.45, 7) is 7.61. The fourth-order valence-electron chi connectivity index (χ4n) is 1.92. The largest absolute Gasteiger partial charge is 0.308 e. The van der Waals surface area contributed by atoms with Crippen molar-refractivity contribution < 1.29 is 0 Å². The van der Waals surface area contributed by atoms with Crippen molar-refractivity contribution in [2.24, 2.45) is 11.8 Å². The first-order chi connectivity index (χ1) is 8.02. The van der Waals surface area contributed by atoms with Crippen LogP contribution in [0.2, 0.25) is 0 Å². The fourth-order valence-corrected chi connectivity index (χ4v) is 1.92. The third-order valence-corrected chi connectivity index (χ3v) is 2.93. The summed E-state index contributed by atoms with van der Waals surface area (Å²) in [6.07, 6.45) is 1.20. The number of nitrogens with two attached hydrogens (primary N) is 1. The topological polar surface area (TPSA) is 54.2 Å². The first kappa shape index (κ1) is 13.9. The molecule has 1 rings (SSSR count). The van der Waals surface area contributed by atoms with Crippen LogP contribution in [0.15, 0.2) is 18.2 Å². The number of nitrogens with one attached hydrogen (secondary N) is 1. The van der Waals surface area contributed by atoms with Crippen LogP contribution in [-0.4, -0.2) is 23.0 Å². The predicted molar refractivity (Wildman–Crippen MR) is 72.4 cm³/mol. The molecule has 1 aromatic rings. The van der Waals surface area contributed by atoms with E-state index in [1.54, 1.807) is 0 Å². The molecule has 0 aliphatic carbocycles. The van der Waals surface area contributed by atoms with Crippen LogP contribution in [0.5, 0.6) is 0 Å². The second-order valence-corrected chi connectivity index (χ2v) is 5.05. The molecular formula is C13H24N4. The van der Waals surface area contributed by atoms with Crippen LogP contribution in [0, 0.1) is 5.92 Å². The quantitative estimate of drug-likeness (QED) is 0.587. The zero-order chi connectivity index (χ0) is 12.8. The van der Waals surface area contributed by atoms with E-state index in [0.717, 1.165) is 18.2 Å². The average molecular weight is 236 g/mol. The summed E-state index contributed by atoms with van der Waals surface area (Å²) in [5.41, 5.74) is 3.61. The molecule has 4 nitrogen and oxygen atoms in total. The van der Waals surface area contributed by atoms with Gasteiger partial charge in [0.05, 0.1) is 5.69 Å². The summed E-state index contributed by atoms with van der Waals surface area (Å²) >= 11 is 0. The monoisotopic (exact) mass is 236 g/mol. The third kappa shape index (κ3) is 4.71. The Balaban J connectivity index is 2.57. The number of hydrazine groups is 1. The summed E-state index contributed by atoms with van der Waals surface area (Å²) in [7, 11) is 2.14. The van der Waals surface area contributed by atoms with Crippen LogP contribution in [-0.2, 0) is 6.54 Å². The van der Waals surface area contributed by atoms with E-state index in [2.05, 4.69) is 43.1 Å². The Kier molecular flexibility index (Phi) is 5.38. The Morgan fingerprint density at radius 1 is 1.35 bits per heavy atom. The lowest BCUT2D eigenvalue weighted by Gasteiger charge is -2.25. The van der Waals surface area contributed by atoms with Gasteiger partial charge in [0, 0.05) is 12.6 Å². The van der Waals surface area contributed by atoms with Gasteiger partial charge in [-0.05, 0) is 38.4 Å². The van der Waals surface area contributed by atoms with Crippen LogP contribution < -0.4 is 11.3 Å². The Labute approximate surface area is 104 Å². The van der Waals surface area contributed by atoms with Gasteiger partial charge in [0.1, 0.15) is 5.82 Å². The molecule has 0 aliphatic rings. The van der Waals surface area contributed by atoms with Crippen molar-refractivity contribution in [2.75, 3.05) is 12.5 Å². The molecule has 0 aromatic carbocycles. The summed E-state index contributed by atoms with van der Waals surface area (Å²) in [4.78, 5) is 6.74. The summed E-state index contributed by atoms with van der Waals surface area (Å²) in [5.74, 6) is 6.78. The van der Waals surface area contributed by atoms with Crippen molar-refractivity contribution in [1.82, 2.24) is 9.88 Å². The number of hydrogen-bond acceptors (Lipinski definition) is 4. The molecule has 17 heavy (non-hydrogen) atoms. The van der Waals surface area contributed by atoms with Gasteiger partial charge >= 0.3 is 0 Å². The van der Waals surface area contributed by atoms with Crippen molar-refractivity contribution in [2.45, 2.75) is 39.8 Å². The molecule has 0 radical (unpaired) electrons. The summed E-state index contributed by atoms with van der Waals surface area (Å²) in [5, 5.41) is 0. The molecule has 0 spiro atoms. The molecule has 1 aromatic heterocycles. The Morgan fingerprint density at radius 2 is 2.06 bits per heavy atom. The molecule has 0 aliphatic heterocycles. The van der Waals surface area contributed by atoms with Crippen LogP contribution >= 0.6 is 0 Å². The van der Waals surface area contributed by atoms with Crippen LogP contribution in [0.3, 0.4) is 0 Å². The Bertz CT molecular complexity index is 338. The molecule has 0 saturated carbocycles. The number of pyridine rings is 1. The number of nitrogen functional groups attached to an aromatic ring is 1. The molecule has 0 amide bonds. The molecule has 96 valence electrons. The number of rotatable bonds is 6. The molecule has 3 N–H and O–H groups in total. The lowest BCUT2D eigenvalue weighted by molar-refractivity contribution is 0.218. The van der Waals surface area contributed by atoms with E-state index < -0.39 is 0 Å². The highest BCUT2D eigenvalue weighted by molar-refractivity contribution is 5.33. The zero-order valence-corrected chi connectivity index (χ0v) is 11.3. The van der Waals surface area contributed by atoms with Crippen molar-refractivity contribution in [1.29, 1.82) is 0 Å². The van der Waals surface area contributed by atoms with E-state index in [-0.39, 0.29) is 0 Å². The SMILES string of the molecule is CC(C)CC(C)N(C)Cc1cccc(NN)n1. The van der Waals surface area contributed by atoms with E-state index in [1.165, 1.54) is 6.42 Å². The summed E-state index contributed by atoms with van der Waals surface area (Å²) in [6, 6.07) is 6.42. The highest BCUT2D eigenvalue weighted by atomic mass is 15.3. The molecular weight excluding hydrogens is 212 g/mol. The smallest absolute Gasteiger partial charge is 0.140 e. The number of nitrogens with zero attached hydrogens (tertiary/aromatic N) is 2. The molecule has 4 heteroatoms. The first-order valence-electron chi connectivity index (χ1n) is 6.15. The van der Waals surface area contributed by atoms with E-state index in [4.69, 9.17) is 5.84 Å². The maximum atomic E-state index is 5.35. The van der Waals surface area contributed by atoms with Crippen LogP contribution in [0.1, 0.15) is 32.9 Å². The van der Waals surface area contributed by atoms with Gasteiger partial charge in [-0.25, -0.2) is 10.8 Å². The van der Waals surface area contributed by atoms with Gasteiger partial charge in [-0.15, -0.1) is 0 Å². The second-order valence-electron chi connectivity index (χ2n) is 5.05. The lowest BCUT2D eigenvalue weighted by atomic mass is 10.0. The van der Waals surface area contributed by atoms with E-state index in [1.807, 2.05) is 18.2 Å². The summed E-state index contributed by atoms with van der Waals surface area (Å²) < 4.78 is 0. The number of aromatic nitrogens is 1. The van der Waals surface area contributed by atoms with Crippen molar-refractivity contribution in [3.8, 4) is 0 Å². The Hall–Kier alpha value is -1.13. The van der Waals surface area contributed by atoms with Gasteiger partial charge in [0.2, 0.25) is 0 Å². The molecule has 0 saturated heterocycles. The van der Waals surface area contributed by atoms with Crippen LogP contribution in [0.4, 0.5) is 5.82 Å². The minimum absolute atomic E-state index is 0.561. The number of hydrogen-bond donors (Lipinski definition) is 2.